The van der Waals surface area contributed by atoms with Gasteiger partial charge in [0.05, 0.1) is 13.2 Å². The van der Waals surface area contributed by atoms with Crippen LogP contribution in [0.4, 0.5) is 0 Å². The highest BCUT2D eigenvalue weighted by Gasteiger charge is 2.47. The smallest absolute Gasteiger partial charge is 0.305 e. The minimum atomic E-state index is -1.97. The summed E-state index contributed by atoms with van der Waals surface area (Å²) in [5.74, 6) is -0.316. The summed E-state index contributed by atoms with van der Waals surface area (Å²) in [6, 6.07) is 0. The Labute approximate surface area is 195 Å². The summed E-state index contributed by atoms with van der Waals surface area (Å²) in [6.45, 7) is 16.6. The third kappa shape index (κ3) is 7.50. The predicted molar refractivity (Wildman–Crippen MR) is 128 cm³/mol. The number of rotatable bonds is 11. The zero-order chi connectivity index (χ0) is 23.9. The molecule has 1 aliphatic heterocycles. The van der Waals surface area contributed by atoms with E-state index in [9.17, 15) is 9.59 Å². The lowest BCUT2D eigenvalue weighted by atomic mass is 9.86. The average molecular weight is 469 g/mol. The number of carbonyl (C=O) groups excluding carboxylic acids is 2. The van der Waals surface area contributed by atoms with Gasteiger partial charge in [-0.15, -0.1) is 0 Å². The maximum Gasteiger partial charge on any atom is 0.305 e. The number of esters is 1. The van der Waals surface area contributed by atoms with Crippen LogP contribution in [0.25, 0.3) is 0 Å². The Morgan fingerprint density at radius 3 is 2.47 bits per heavy atom. The molecule has 184 valence electrons. The molecule has 0 aromatic heterocycles. The van der Waals surface area contributed by atoms with Gasteiger partial charge in [-0.25, -0.2) is 0 Å². The molecule has 2 aliphatic rings. The van der Waals surface area contributed by atoms with Crippen molar-refractivity contribution in [3.05, 3.63) is 12.2 Å². The molecule has 2 fully saturated rings. The Kier molecular flexibility index (Phi) is 10.1. The minimum absolute atomic E-state index is 0.0461. The summed E-state index contributed by atoms with van der Waals surface area (Å²) >= 11 is 0. The number of ether oxygens (including phenoxy) is 3. The van der Waals surface area contributed by atoms with Gasteiger partial charge in [-0.3, -0.25) is 9.59 Å². The third-order valence-corrected chi connectivity index (χ3v) is 11.9. The molecule has 0 aromatic carbocycles. The molecule has 1 aliphatic carbocycles. The molecule has 0 bridgehead atoms. The number of methoxy groups -OCH3 is 1. The normalized spacial score (nSPS) is 26.9. The zero-order valence-corrected chi connectivity index (χ0v) is 22.0. The molecule has 7 heteroatoms. The fraction of sp³-hybridized carbons (Fsp3) is 0.840. The van der Waals surface area contributed by atoms with E-state index in [2.05, 4.69) is 40.4 Å². The van der Waals surface area contributed by atoms with Gasteiger partial charge in [0, 0.05) is 37.9 Å². The first kappa shape index (κ1) is 27.2. The average Bonchev–Trinajstić information content (AvgIpc) is 3.04. The van der Waals surface area contributed by atoms with Gasteiger partial charge in [-0.2, -0.15) is 0 Å². The van der Waals surface area contributed by atoms with Crippen molar-refractivity contribution in [2.75, 3.05) is 20.3 Å². The summed E-state index contributed by atoms with van der Waals surface area (Å²) < 4.78 is 23.4. The van der Waals surface area contributed by atoms with Crippen molar-refractivity contribution in [2.24, 2.45) is 11.8 Å². The Morgan fingerprint density at radius 1 is 1.19 bits per heavy atom. The highest BCUT2D eigenvalue weighted by atomic mass is 28.4. The third-order valence-electron chi connectivity index (χ3n) is 7.36. The van der Waals surface area contributed by atoms with Crippen molar-refractivity contribution in [3.63, 3.8) is 0 Å². The van der Waals surface area contributed by atoms with Gasteiger partial charge >= 0.3 is 5.97 Å². The van der Waals surface area contributed by atoms with Crippen molar-refractivity contribution in [3.8, 4) is 0 Å². The number of Topliss-reactive ketones (excluding diaryl/α,β-unsaturated/α-hetero) is 1. The maximum absolute atomic E-state index is 13.1. The van der Waals surface area contributed by atoms with E-state index in [1.165, 1.54) is 7.11 Å². The van der Waals surface area contributed by atoms with E-state index in [1.807, 2.05) is 0 Å². The first-order valence-electron chi connectivity index (χ1n) is 12.1. The monoisotopic (exact) mass is 468 g/mol. The van der Waals surface area contributed by atoms with Gasteiger partial charge in [0.2, 0.25) is 0 Å². The standard InChI is InChI=1S/C25H44O6Si/c1-18(12-8-9-13-22(27)28-5)24-19(17-30-32(6,7)25(2,3)4)21(16-20(24)26)31-23-14-10-11-15-29-23/h19,21,23-24H,1,8-17H2,2-7H3/t19-,21+,23?,24+/m1/s1. The van der Waals surface area contributed by atoms with Crippen LogP contribution in [0.3, 0.4) is 0 Å². The van der Waals surface area contributed by atoms with Crippen LogP contribution in [-0.2, 0) is 28.2 Å². The molecule has 0 amide bonds. The first-order valence-corrected chi connectivity index (χ1v) is 15.1. The highest BCUT2D eigenvalue weighted by molar-refractivity contribution is 6.74. The van der Waals surface area contributed by atoms with E-state index in [4.69, 9.17) is 18.6 Å². The Hall–Kier alpha value is -1.02. The molecule has 0 aromatic rings. The zero-order valence-electron chi connectivity index (χ0n) is 21.0. The van der Waals surface area contributed by atoms with Crippen LogP contribution in [0.15, 0.2) is 12.2 Å². The molecular formula is C25H44O6Si. The van der Waals surface area contributed by atoms with Crippen LogP contribution in [0, 0.1) is 11.8 Å². The van der Waals surface area contributed by atoms with Crippen LogP contribution in [0.1, 0.15) is 72.1 Å². The van der Waals surface area contributed by atoms with Crippen molar-refractivity contribution in [2.45, 2.75) is 103 Å². The van der Waals surface area contributed by atoms with Crippen LogP contribution < -0.4 is 0 Å². The Balaban J connectivity index is 2.07. The lowest BCUT2D eigenvalue weighted by Crippen LogP contribution is -2.44. The van der Waals surface area contributed by atoms with E-state index < -0.39 is 8.32 Å². The van der Waals surface area contributed by atoms with Gasteiger partial charge < -0.3 is 18.6 Å². The molecule has 0 radical (unpaired) electrons. The summed E-state index contributed by atoms with van der Waals surface area (Å²) in [4.78, 5) is 24.5. The Morgan fingerprint density at radius 2 is 1.88 bits per heavy atom. The van der Waals surface area contributed by atoms with Crippen LogP contribution >= 0.6 is 0 Å². The molecule has 1 saturated carbocycles. The van der Waals surface area contributed by atoms with E-state index in [1.54, 1.807) is 0 Å². The summed E-state index contributed by atoms with van der Waals surface area (Å²) in [5, 5.41) is 0.0961. The second kappa shape index (κ2) is 11.9. The van der Waals surface area contributed by atoms with Crippen molar-refractivity contribution < 1.29 is 28.2 Å². The van der Waals surface area contributed by atoms with Crippen LogP contribution in [-0.4, -0.2) is 52.8 Å². The quantitative estimate of drug-likeness (QED) is 0.175. The fourth-order valence-corrected chi connectivity index (χ4v) is 5.27. The molecule has 32 heavy (non-hydrogen) atoms. The minimum Gasteiger partial charge on any atom is -0.469 e. The second-order valence-electron chi connectivity index (χ2n) is 10.8. The fourth-order valence-electron chi connectivity index (χ4n) is 4.23. The van der Waals surface area contributed by atoms with Crippen LogP contribution in [0.5, 0.6) is 0 Å². The molecular weight excluding hydrogens is 424 g/mol. The SMILES string of the molecule is C=C(CCCCC(=O)OC)[C@@H]1C(=O)C[C@H](OC2CCCCO2)[C@H]1CO[Si](C)(C)C(C)(C)C. The number of hydrogen-bond acceptors (Lipinski definition) is 6. The predicted octanol–water partition coefficient (Wildman–Crippen LogP) is 5.41. The van der Waals surface area contributed by atoms with Crippen LogP contribution in [0.2, 0.25) is 18.1 Å². The number of carbonyl (C=O) groups is 2. The summed E-state index contributed by atoms with van der Waals surface area (Å²) in [5.41, 5.74) is 0.930. The lowest BCUT2D eigenvalue weighted by molar-refractivity contribution is -0.197. The van der Waals surface area contributed by atoms with Crippen molar-refractivity contribution in [1.29, 1.82) is 0 Å². The van der Waals surface area contributed by atoms with E-state index in [-0.39, 0.29) is 41.0 Å². The molecule has 6 nitrogen and oxygen atoms in total. The highest BCUT2D eigenvalue weighted by Crippen LogP contribution is 2.42. The molecule has 4 atom stereocenters. The molecule has 0 spiro atoms. The molecule has 1 unspecified atom stereocenters. The van der Waals surface area contributed by atoms with E-state index in [0.717, 1.165) is 44.1 Å². The number of unbranched alkanes of at least 4 members (excludes halogenated alkanes) is 1. The summed E-state index contributed by atoms with van der Waals surface area (Å²) in [6.07, 6.45) is 5.63. The number of hydrogen-bond donors (Lipinski definition) is 0. The van der Waals surface area contributed by atoms with Gasteiger partial charge in [-0.05, 0) is 56.7 Å². The summed E-state index contributed by atoms with van der Waals surface area (Å²) in [7, 11) is -0.563. The number of allylic oxidation sites excluding steroid dienone is 1. The number of ketones is 1. The van der Waals surface area contributed by atoms with Gasteiger partial charge in [0.1, 0.15) is 5.78 Å². The second-order valence-corrected chi connectivity index (χ2v) is 15.6. The van der Waals surface area contributed by atoms with E-state index in [0.29, 0.717) is 26.1 Å². The molecule has 1 heterocycles. The van der Waals surface area contributed by atoms with Crippen molar-refractivity contribution >= 4 is 20.1 Å². The van der Waals surface area contributed by atoms with Gasteiger partial charge in [0.25, 0.3) is 0 Å². The Bertz CT molecular complexity index is 647. The van der Waals surface area contributed by atoms with Gasteiger partial charge in [0.15, 0.2) is 14.6 Å². The molecule has 2 rings (SSSR count). The molecule has 1 saturated heterocycles. The van der Waals surface area contributed by atoms with Crippen molar-refractivity contribution in [1.82, 2.24) is 0 Å². The first-order chi connectivity index (χ1) is 15.0. The van der Waals surface area contributed by atoms with Gasteiger partial charge in [-0.1, -0.05) is 32.9 Å². The van der Waals surface area contributed by atoms with E-state index >= 15 is 0 Å². The maximum atomic E-state index is 13.1. The topological polar surface area (TPSA) is 71.1 Å². The largest absolute Gasteiger partial charge is 0.469 e. The molecule has 0 N–H and O–H groups in total. The lowest BCUT2D eigenvalue weighted by Gasteiger charge is -2.38.